The molecule has 1 aliphatic rings. The molecule has 0 unspecified atom stereocenters. The van der Waals surface area contributed by atoms with Crippen LogP contribution in [0.15, 0.2) is 36.7 Å². The molecule has 1 amide bonds. The summed E-state index contributed by atoms with van der Waals surface area (Å²) in [5.41, 5.74) is 2.72. The second-order valence-corrected chi connectivity index (χ2v) is 8.66. The Balaban J connectivity index is 1.83. The van der Waals surface area contributed by atoms with E-state index in [0.717, 1.165) is 12.0 Å². The Kier molecular flexibility index (Phi) is 4.44. The normalized spacial score (nSPS) is 16.3. The number of amides is 1. The highest BCUT2D eigenvalue weighted by molar-refractivity contribution is 6.07. The SMILES string of the molecule is CC(C)n1cc(-c2cc(C(=O)N3CCC(C)(C)C3)c3cc(F)ccc3n2)cn1. The molecule has 5 nitrogen and oxygen atoms in total. The minimum absolute atomic E-state index is 0.0684. The van der Waals surface area contributed by atoms with Crippen LogP contribution in [0.2, 0.25) is 0 Å². The maximum Gasteiger partial charge on any atom is 0.254 e. The molecule has 6 heteroatoms. The predicted octanol–water partition coefficient (Wildman–Crippen LogP) is 4.69. The molecular weight excluding hydrogens is 355 g/mol. The fourth-order valence-corrected chi connectivity index (χ4v) is 3.73. The monoisotopic (exact) mass is 380 g/mol. The number of likely N-dealkylation sites (tertiary alicyclic amines) is 1. The Labute approximate surface area is 164 Å². The van der Waals surface area contributed by atoms with Crippen molar-refractivity contribution < 1.29 is 9.18 Å². The fourth-order valence-electron chi connectivity index (χ4n) is 3.73. The summed E-state index contributed by atoms with van der Waals surface area (Å²) < 4.78 is 15.8. The number of carbonyl (C=O) groups excluding carboxylic acids is 1. The molecule has 0 N–H and O–H groups in total. The van der Waals surface area contributed by atoms with Gasteiger partial charge in [0.25, 0.3) is 5.91 Å². The first-order valence-electron chi connectivity index (χ1n) is 9.68. The van der Waals surface area contributed by atoms with Crippen LogP contribution in [-0.4, -0.2) is 38.7 Å². The van der Waals surface area contributed by atoms with Crippen LogP contribution in [0.25, 0.3) is 22.2 Å². The Morgan fingerprint density at radius 3 is 2.68 bits per heavy atom. The van der Waals surface area contributed by atoms with Crippen molar-refractivity contribution in [3.8, 4) is 11.3 Å². The lowest BCUT2D eigenvalue weighted by atomic mass is 9.93. The van der Waals surface area contributed by atoms with Crippen molar-refractivity contribution in [3.05, 3.63) is 48.0 Å². The zero-order valence-corrected chi connectivity index (χ0v) is 16.7. The summed E-state index contributed by atoms with van der Waals surface area (Å²) in [6, 6.07) is 6.42. The zero-order chi connectivity index (χ0) is 20.1. The van der Waals surface area contributed by atoms with Crippen molar-refractivity contribution in [2.75, 3.05) is 13.1 Å². The molecule has 0 saturated carbocycles. The van der Waals surface area contributed by atoms with Crippen LogP contribution >= 0.6 is 0 Å². The molecule has 1 aliphatic heterocycles. The van der Waals surface area contributed by atoms with Gasteiger partial charge in [-0.1, -0.05) is 13.8 Å². The van der Waals surface area contributed by atoms with Gasteiger partial charge in [0, 0.05) is 36.3 Å². The number of pyridine rings is 1. The van der Waals surface area contributed by atoms with E-state index in [1.54, 1.807) is 18.3 Å². The van der Waals surface area contributed by atoms with Gasteiger partial charge in [0.1, 0.15) is 5.82 Å². The van der Waals surface area contributed by atoms with Gasteiger partial charge in [0.15, 0.2) is 0 Å². The summed E-state index contributed by atoms with van der Waals surface area (Å²) in [5, 5.41) is 4.93. The van der Waals surface area contributed by atoms with Gasteiger partial charge in [-0.3, -0.25) is 9.48 Å². The molecular formula is C22H25FN4O. The number of fused-ring (bicyclic) bond motifs is 1. The summed E-state index contributed by atoms with van der Waals surface area (Å²) in [7, 11) is 0. The molecule has 1 saturated heterocycles. The number of benzene rings is 1. The van der Waals surface area contributed by atoms with Gasteiger partial charge in [0.2, 0.25) is 0 Å². The van der Waals surface area contributed by atoms with Crippen LogP contribution in [0.4, 0.5) is 4.39 Å². The van der Waals surface area contributed by atoms with Crippen LogP contribution in [0, 0.1) is 11.2 Å². The average Bonchev–Trinajstić information content (AvgIpc) is 3.27. The van der Waals surface area contributed by atoms with Crippen molar-refractivity contribution in [2.24, 2.45) is 5.41 Å². The van der Waals surface area contributed by atoms with Gasteiger partial charge < -0.3 is 4.90 Å². The van der Waals surface area contributed by atoms with Crippen LogP contribution in [0.5, 0.6) is 0 Å². The van der Waals surface area contributed by atoms with E-state index in [9.17, 15) is 9.18 Å². The highest BCUT2D eigenvalue weighted by atomic mass is 19.1. The second kappa shape index (κ2) is 6.69. The molecule has 0 radical (unpaired) electrons. The van der Waals surface area contributed by atoms with Crippen LogP contribution < -0.4 is 0 Å². The number of carbonyl (C=O) groups is 1. The lowest BCUT2D eigenvalue weighted by Crippen LogP contribution is -2.30. The quantitative estimate of drug-likeness (QED) is 0.662. The topological polar surface area (TPSA) is 51.0 Å². The van der Waals surface area contributed by atoms with E-state index in [0.29, 0.717) is 35.2 Å². The van der Waals surface area contributed by atoms with Gasteiger partial charge >= 0.3 is 0 Å². The molecule has 1 fully saturated rings. The van der Waals surface area contributed by atoms with Gasteiger partial charge in [-0.2, -0.15) is 5.10 Å². The minimum Gasteiger partial charge on any atom is -0.338 e. The molecule has 3 heterocycles. The smallest absolute Gasteiger partial charge is 0.254 e. The predicted molar refractivity (Wildman–Crippen MR) is 108 cm³/mol. The first-order chi connectivity index (χ1) is 13.2. The van der Waals surface area contributed by atoms with E-state index in [-0.39, 0.29) is 23.2 Å². The molecule has 1 aromatic carbocycles. The Morgan fingerprint density at radius 2 is 2.04 bits per heavy atom. The zero-order valence-electron chi connectivity index (χ0n) is 16.7. The average molecular weight is 380 g/mol. The summed E-state index contributed by atoms with van der Waals surface area (Å²) in [6.07, 6.45) is 4.64. The summed E-state index contributed by atoms with van der Waals surface area (Å²) >= 11 is 0. The number of nitrogens with zero attached hydrogens (tertiary/aromatic N) is 4. The summed E-state index contributed by atoms with van der Waals surface area (Å²) in [4.78, 5) is 19.8. The molecule has 0 aliphatic carbocycles. The van der Waals surface area contributed by atoms with Gasteiger partial charge in [-0.05, 0) is 49.9 Å². The third-order valence-electron chi connectivity index (χ3n) is 5.39. The van der Waals surface area contributed by atoms with E-state index in [4.69, 9.17) is 0 Å². The van der Waals surface area contributed by atoms with Gasteiger partial charge in [-0.15, -0.1) is 0 Å². The van der Waals surface area contributed by atoms with Crippen molar-refractivity contribution in [3.63, 3.8) is 0 Å². The van der Waals surface area contributed by atoms with Crippen molar-refractivity contribution in [1.82, 2.24) is 19.7 Å². The van der Waals surface area contributed by atoms with Crippen molar-refractivity contribution >= 4 is 16.8 Å². The molecule has 146 valence electrons. The van der Waals surface area contributed by atoms with Crippen molar-refractivity contribution in [2.45, 2.75) is 40.2 Å². The van der Waals surface area contributed by atoms with E-state index in [2.05, 4.69) is 37.8 Å². The second-order valence-electron chi connectivity index (χ2n) is 8.66. The van der Waals surface area contributed by atoms with Crippen LogP contribution in [0.1, 0.15) is 50.5 Å². The largest absolute Gasteiger partial charge is 0.338 e. The first kappa shape index (κ1) is 18.6. The number of hydrogen-bond donors (Lipinski definition) is 0. The minimum atomic E-state index is -0.370. The van der Waals surface area contributed by atoms with E-state index in [1.165, 1.54) is 12.1 Å². The van der Waals surface area contributed by atoms with Crippen molar-refractivity contribution in [1.29, 1.82) is 0 Å². The Hall–Kier alpha value is -2.76. The van der Waals surface area contributed by atoms with Gasteiger partial charge in [-0.25, -0.2) is 9.37 Å². The molecule has 2 aromatic heterocycles. The molecule has 28 heavy (non-hydrogen) atoms. The standard InChI is InChI=1S/C22H25FN4O/c1-14(2)27-12-15(11-24-27)20-10-18(17-9-16(23)5-6-19(17)25-20)21(28)26-8-7-22(3,4)13-26/h5-6,9-12,14H,7-8,13H2,1-4H3. The van der Waals surface area contributed by atoms with Gasteiger partial charge in [0.05, 0.1) is 23.0 Å². The number of aromatic nitrogens is 3. The highest BCUT2D eigenvalue weighted by Crippen LogP contribution is 2.32. The number of halogens is 1. The number of rotatable bonds is 3. The molecule has 0 atom stereocenters. The van der Waals surface area contributed by atoms with Crippen LogP contribution in [-0.2, 0) is 0 Å². The Morgan fingerprint density at radius 1 is 1.25 bits per heavy atom. The Bertz CT molecular complexity index is 1050. The summed E-state index contributed by atoms with van der Waals surface area (Å²) in [5.74, 6) is -0.438. The highest BCUT2D eigenvalue weighted by Gasteiger charge is 2.33. The summed E-state index contributed by atoms with van der Waals surface area (Å²) in [6.45, 7) is 9.85. The first-order valence-corrected chi connectivity index (χ1v) is 9.68. The lowest BCUT2D eigenvalue weighted by Gasteiger charge is -2.21. The maximum absolute atomic E-state index is 13.9. The molecule has 0 spiro atoms. The molecule has 4 rings (SSSR count). The number of hydrogen-bond acceptors (Lipinski definition) is 3. The third kappa shape index (κ3) is 3.39. The molecule has 0 bridgehead atoms. The maximum atomic E-state index is 13.9. The fraction of sp³-hybridized carbons (Fsp3) is 0.409. The van der Waals surface area contributed by atoms with E-state index >= 15 is 0 Å². The lowest BCUT2D eigenvalue weighted by molar-refractivity contribution is 0.0780. The van der Waals surface area contributed by atoms with E-state index in [1.807, 2.05) is 15.8 Å². The van der Waals surface area contributed by atoms with Crippen LogP contribution in [0.3, 0.4) is 0 Å². The van der Waals surface area contributed by atoms with E-state index < -0.39 is 0 Å². The third-order valence-corrected chi connectivity index (χ3v) is 5.39. The molecule has 3 aromatic rings.